The zero-order valence-electron chi connectivity index (χ0n) is 26.5. The van der Waals surface area contributed by atoms with E-state index in [0.29, 0.717) is 30.1 Å². The topological polar surface area (TPSA) is 250 Å². The van der Waals surface area contributed by atoms with E-state index >= 15 is 0 Å². The normalized spacial score (nSPS) is 21.1. The number of anilines is 1. The first-order valence-electron chi connectivity index (χ1n) is 14.9. The predicted octanol–water partition coefficient (Wildman–Crippen LogP) is 2.06. The molecule has 2 amide bonds. The number of aliphatic carboxylic acids is 1. The highest BCUT2D eigenvalue weighted by atomic mass is 32.2. The molecule has 1 saturated heterocycles. The summed E-state index contributed by atoms with van der Waals surface area (Å²) in [6, 6.07) is 4.31. The molecule has 4 rings (SSSR count). The van der Waals surface area contributed by atoms with Gasteiger partial charge in [-0.3, -0.25) is 14.6 Å². The van der Waals surface area contributed by atoms with Gasteiger partial charge in [0, 0.05) is 23.5 Å². The van der Waals surface area contributed by atoms with Gasteiger partial charge < -0.3 is 41.8 Å². The van der Waals surface area contributed by atoms with E-state index in [1.165, 1.54) is 12.3 Å². The van der Waals surface area contributed by atoms with Gasteiger partial charge in [0.1, 0.15) is 23.3 Å². The van der Waals surface area contributed by atoms with Crippen LogP contribution in [-0.2, 0) is 29.9 Å². The Morgan fingerprint density at radius 3 is 2.72 bits per heavy atom. The number of aliphatic imine (C=N–C) groups is 1. The van der Waals surface area contributed by atoms with Gasteiger partial charge >= 0.3 is 5.97 Å². The summed E-state index contributed by atoms with van der Waals surface area (Å²) in [6.07, 6.45) is 2.33. The molecular weight excluding hydrogens is 653 g/mol. The number of hydrogen-bond donors (Lipinski definition) is 6. The molecule has 16 nitrogen and oxygen atoms in total. The van der Waals surface area contributed by atoms with Crippen molar-refractivity contribution in [2.45, 2.75) is 89.1 Å². The number of ether oxygens (including phenoxy) is 1. The van der Waals surface area contributed by atoms with Crippen LogP contribution in [0.2, 0.25) is 0 Å². The Labute approximate surface area is 280 Å². The van der Waals surface area contributed by atoms with E-state index in [2.05, 4.69) is 27.4 Å². The number of benzene rings is 1. The SMILES string of the molecule is CCCC(N)CCN=C(N)c1ccc2c(c1)CCC(C(C)(O/N=C(\C(=O)NC1C(=O)N(OSO)C1(C)C)c1csc(N)n1)C(=O)O)O2. The molecule has 9 N–H and O–H groups in total. The fourth-order valence-electron chi connectivity index (χ4n) is 5.23. The number of amides is 2. The lowest BCUT2D eigenvalue weighted by Gasteiger charge is -2.50. The largest absolute Gasteiger partial charge is 0.485 e. The second kappa shape index (κ2) is 14.8. The highest BCUT2D eigenvalue weighted by molar-refractivity contribution is 7.88. The highest BCUT2D eigenvalue weighted by Crippen LogP contribution is 2.35. The molecule has 0 bridgehead atoms. The number of carbonyl (C=O) groups is 3. The second-order valence-electron chi connectivity index (χ2n) is 11.9. The van der Waals surface area contributed by atoms with Crippen molar-refractivity contribution in [1.82, 2.24) is 15.4 Å². The average Bonchev–Trinajstić information content (AvgIpc) is 3.47. The third kappa shape index (κ3) is 7.78. The van der Waals surface area contributed by atoms with E-state index in [4.69, 9.17) is 35.6 Å². The first-order valence-corrected chi connectivity index (χ1v) is 16.5. The molecule has 2 aliphatic heterocycles. The van der Waals surface area contributed by atoms with Crippen LogP contribution in [0.1, 0.15) is 70.2 Å². The first kappa shape index (κ1) is 35.9. The summed E-state index contributed by atoms with van der Waals surface area (Å²) < 4.78 is 20.0. The number of hydrogen-bond acceptors (Lipinski definition) is 14. The number of rotatable bonds is 15. The molecule has 1 aromatic heterocycles. The summed E-state index contributed by atoms with van der Waals surface area (Å²) in [5, 5.41) is 19.3. The Bertz CT molecular complexity index is 1550. The highest BCUT2D eigenvalue weighted by Gasteiger charge is 2.57. The molecule has 47 heavy (non-hydrogen) atoms. The van der Waals surface area contributed by atoms with Gasteiger partial charge in [-0.2, -0.15) is 9.35 Å². The number of carboxylic acid groups (broad SMARTS) is 1. The number of nitrogens with two attached hydrogens (primary N) is 3. The zero-order chi connectivity index (χ0) is 34.5. The average molecular weight is 693 g/mol. The molecule has 1 aromatic carbocycles. The van der Waals surface area contributed by atoms with Crippen LogP contribution in [0.15, 0.2) is 33.7 Å². The molecule has 1 fully saturated rings. The number of amidine groups is 1. The zero-order valence-corrected chi connectivity index (χ0v) is 28.1. The number of aryl methyl sites for hydroxylation is 1. The minimum atomic E-state index is -2.05. The Morgan fingerprint density at radius 1 is 1.36 bits per heavy atom. The van der Waals surface area contributed by atoms with Crippen molar-refractivity contribution < 1.29 is 37.9 Å². The number of β-lactam (4-membered cyclic amide) rings is 1. The van der Waals surface area contributed by atoms with E-state index in [9.17, 15) is 19.5 Å². The molecular formula is C29H40N8O8S2. The summed E-state index contributed by atoms with van der Waals surface area (Å²) in [6.45, 7) is 7.10. The van der Waals surface area contributed by atoms with Crippen LogP contribution in [-0.4, -0.2) is 84.9 Å². The van der Waals surface area contributed by atoms with Crippen molar-refractivity contribution in [3.05, 3.63) is 40.4 Å². The summed E-state index contributed by atoms with van der Waals surface area (Å²) in [7, 11) is 0. The van der Waals surface area contributed by atoms with Crippen LogP contribution in [0.4, 0.5) is 5.13 Å². The molecule has 2 aromatic rings. The third-order valence-electron chi connectivity index (χ3n) is 8.15. The van der Waals surface area contributed by atoms with Gasteiger partial charge in [-0.25, -0.2) is 9.78 Å². The van der Waals surface area contributed by atoms with Crippen LogP contribution in [0.25, 0.3) is 0 Å². The van der Waals surface area contributed by atoms with Crippen LogP contribution >= 0.6 is 23.7 Å². The van der Waals surface area contributed by atoms with Crippen LogP contribution in [0.5, 0.6) is 5.75 Å². The molecule has 4 atom stereocenters. The van der Waals surface area contributed by atoms with Gasteiger partial charge in [0.2, 0.25) is 0 Å². The number of fused-ring (bicyclic) bond motifs is 1. The molecule has 0 radical (unpaired) electrons. The standard InChI is InChI=1S/C29H40N8O8S2/c1-5-6-17(30)11-12-33-23(31)16-7-9-19-15(13-16)8-10-20(43-19)29(4,26(40)41)44-36-21(18-14-46-27(32)34-18)24(38)35-22-25(39)37(45-47-42)28(22,2)3/h7,9,13-14,17,20,22,42H,5-6,8,10-12,30H2,1-4H3,(H2,31,33)(H2,32,34)(H,35,38)(H,40,41)/b36-21-. The predicted molar refractivity (Wildman–Crippen MR) is 177 cm³/mol. The number of carbonyl (C=O) groups excluding carboxylic acids is 2. The van der Waals surface area contributed by atoms with Crippen LogP contribution in [0.3, 0.4) is 0 Å². The van der Waals surface area contributed by atoms with E-state index in [0.717, 1.165) is 41.2 Å². The van der Waals surface area contributed by atoms with Gasteiger partial charge in [-0.15, -0.1) is 11.3 Å². The van der Waals surface area contributed by atoms with Crippen LogP contribution in [0, 0.1) is 0 Å². The summed E-state index contributed by atoms with van der Waals surface area (Å²) in [4.78, 5) is 52.8. The number of oxime groups is 1. The van der Waals surface area contributed by atoms with Gasteiger partial charge in [-0.1, -0.05) is 18.5 Å². The summed E-state index contributed by atoms with van der Waals surface area (Å²) in [5.41, 5.74) is 16.1. The number of thiazole rings is 1. The Kier molecular flexibility index (Phi) is 11.3. The molecule has 18 heteroatoms. The van der Waals surface area contributed by atoms with Crippen molar-refractivity contribution in [3.8, 4) is 5.75 Å². The van der Waals surface area contributed by atoms with Crippen molar-refractivity contribution in [3.63, 3.8) is 0 Å². The van der Waals surface area contributed by atoms with Gasteiger partial charge in [-0.05, 0) is 70.2 Å². The lowest BCUT2D eigenvalue weighted by molar-refractivity contribution is -0.214. The van der Waals surface area contributed by atoms with Gasteiger partial charge in [0.05, 0.1) is 5.54 Å². The molecule has 4 unspecified atom stereocenters. The monoisotopic (exact) mass is 692 g/mol. The Morgan fingerprint density at radius 2 is 2.11 bits per heavy atom. The van der Waals surface area contributed by atoms with Crippen molar-refractivity contribution in [2.24, 2.45) is 21.6 Å². The third-order valence-corrected chi connectivity index (χ3v) is 9.04. The van der Waals surface area contributed by atoms with Crippen LogP contribution < -0.4 is 27.3 Å². The van der Waals surface area contributed by atoms with Gasteiger partial charge in [0.15, 0.2) is 29.3 Å². The second-order valence-corrected chi connectivity index (χ2v) is 13.1. The van der Waals surface area contributed by atoms with Gasteiger partial charge in [0.25, 0.3) is 17.4 Å². The van der Waals surface area contributed by atoms with E-state index in [1.807, 2.05) is 6.07 Å². The quantitative estimate of drug-likeness (QED) is 0.0515. The molecule has 0 aliphatic carbocycles. The number of hydroxylamine groups is 2. The molecule has 2 aliphatic rings. The number of carboxylic acids is 1. The van der Waals surface area contributed by atoms with Crippen molar-refractivity contribution in [2.75, 3.05) is 12.3 Å². The minimum Gasteiger partial charge on any atom is -0.485 e. The smallest absolute Gasteiger partial charge is 0.354 e. The molecule has 256 valence electrons. The minimum absolute atomic E-state index is 0.00815. The fraction of sp³-hybridized carbons (Fsp3) is 0.517. The fourth-order valence-corrected chi connectivity index (χ4v) is 6.11. The molecule has 3 heterocycles. The van der Waals surface area contributed by atoms with Crippen molar-refractivity contribution >= 4 is 58.1 Å². The molecule has 0 spiro atoms. The summed E-state index contributed by atoms with van der Waals surface area (Å²) in [5.74, 6) is -2.06. The van der Waals surface area contributed by atoms with E-state index in [1.54, 1.807) is 26.0 Å². The maximum Gasteiger partial charge on any atom is 0.354 e. The summed E-state index contributed by atoms with van der Waals surface area (Å²) >= 11 is 1.02. The van der Waals surface area contributed by atoms with Crippen molar-refractivity contribution in [1.29, 1.82) is 0 Å². The Balaban J connectivity index is 1.52. The number of nitrogens with zero attached hydrogens (tertiary/aromatic N) is 4. The number of nitrogens with one attached hydrogen (secondary N) is 1. The number of aromatic nitrogens is 1. The lowest BCUT2D eigenvalue weighted by Crippen LogP contribution is -2.76. The molecule has 0 saturated carbocycles. The van der Waals surface area contributed by atoms with E-state index in [-0.39, 0.29) is 35.6 Å². The van der Waals surface area contributed by atoms with E-state index < -0.39 is 46.8 Å². The number of nitrogen functional groups attached to an aromatic ring is 1. The Hall–Kier alpha value is -3.97. The maximum absolute atomic E-state index is 13.4. The maximum atomic E-state index is 13.4. The first-order chi connectivity index (χ1) is 22.2. The lowest BCUT2D eigenvalue weighted by atomic mass is 9.84.